The molecule has 0 radical (unpaired) electrons. The molecular formula is C12H17F2N. The normalized spacial score (nSPS) is 14.9. The third kappa shape index (κ3) is 3.59. The van der Waals surface area contributed by atoms with E-state index in [4.69, 9.17) is 5.73 Å². The lowest BCUT2D eigenvalue weighted by molar-refractivity contribution is 0.158. The quantitative estimate of drug-likeness (QED) is 0.799. The van der Waals surface area contributed by atoms with Gasteiger partial charge in [0.05, 0.1) is 0 Å². The summed E-state index contributed by atoms with van der Waals surface area (Å²) in [7, 11) is 0. The van der Waals surface area contributed by atoms with Crippen molar-refractivity contribution in [2.45, 2.75) is 31.9 Å². The first-order valence-electron chi connectivity index (χ1n) is 5.23. The van der Waals surface area contributed by atoms with Gasteiger partial charge in [-0.05, 0) is 24.1 Å². The molecule has 1 atom stereocenters. The van der Waals surface area contributed by atoms with Crippen molar-refractivity contribution in [1.29, 1.82) is 0 Å². The number of hydrogen-bond acceptors (Lipinski definition) is 1. The second-order valence-corrected chi connectivity index (χ2v) is 3.91. The van der Waals surface area contributed by atoms with Crippen LogP contribution in [0.2, 0.25) is 0 Å². The van der Waals surface area contributed by atoms with Crippen molar-refractivity contribution in [2.24, 2.45) is 5.73 Å². The van der Waals surface area contributed by atoms with Gasteiger partial charge in [-0.1, -0.05) is 25.5 Å². The number of benzene rings is 1. The summed E-state index contributed by atoms with van der Waals surface area (Å²) in [6, 6.07) is 6.03. The van der Waals surface area contributed by atoms with Crippen LogP contribution in [0.15, 0.2) is 24.3 Å². The van der Waals surface area contributed by atoms with Gasteiger partial charge in [-0.2, -0.15) is 0 Å². The van der Waals surface area contributed by atoms with Crippen LogP contribution in [0.1, 0.15) is 25.3 Å². The lowest BCUT2D eigenvalue weighted by Crippen LogP contribution is -2.35. The Hall–Kier alpha value is -0.960. The molecule has 1 unspecified atom stereocenters. The van der Waals surface area contributed by atoms with Crippen molar-refractivity contribution in [3.63, 3.8) is 0 Å². The Labute approximate surface area is 89.3 Å². The molecule has 2 N–H and O–H groups in total. The molecule has 0 aliphatic carbocycles. The molecule has 0 amide bonds. The topological polar surface area (TPSA) is 26.0 Å². The molecule has 1 rings (SSSR count). The van der Waals surface area contributed by atoms with Crippen LogP contribution >= 0.6 is 0 Å². The Bertz CT molecular complexity index is 314. The minimum atomic E-state index is -1.40. The molecule has 0 saturated carbocycles. The lowest BCUT2D eigenvalue weighted by atomic mass is 9.92. The van der Waals surface area contributed by atoms with Gasteiger partial charge in [0, 0.05) is 13.0 Å². The Morgan fingerprint density at radius 2 is 2.13 bits per heavy atom. The van der Waals surface area contributed by atoms with Crippen molar-refractivity contribution >= 4 is 0 Å². The van der Waals surface area contributed by atoms with E-state index < -0.39 is 5.67 Å². The molecule has 0 aliphatic rings. The predicted molar refractivity (Wildman–Crippen MR) is 57.9 cm³/mol. The molecule has 0 saturated heterocycles. The lowest BCUT2D eigenvalue weighted by Gasteiger charge is -2.23. The van der Waals surface area contributed by atoms with E-state index in [-0.39, 0.29) is 18.8 Å². The first-order valence-corrected chi connectivity index (χ1v) is 5.23. The first-order chi connectivity index (χ1) is 7.09. The number of alkyl halides is 1. The van der Waals surface area contributed by atoms with Gasteiger partial charge >= 0.3 is 0 Å². The predicted octanol–water partition coefficient (Wildman–Crippen LogP) is 2.84. The first kappa shape index (κ1) is 12.1. The maximum Gasteiger partial charge on any atom is 0.127 e. The van der Waals surface area contributed by atoms with E-state index in [0.29, 0.717) is 12.0 Å². The molecule has 3 heteroatoms. The van der Waals surface area contributed by atoms with Crippen molar-refractivity contribution in [1.82, 2.24) is 0 Å². The molecular weight excluding hydrogens is 196 g/mol. The molecule has 1 aromatic rings. The minimum Gasteiger partial charge on any atom is -0.328 e. The summed E-state index contributed by atoms with van der Waals surface area (Å²) in [5.41, 5.74) is 4.67. The second kappa shape index (κ2) is 5.21. The van der Waals surface area contributed by atoms with Crippen LogP contribution in [0.4, 0.5) is 8.78 Å². The van der Waals surface area contributed by atoms with Crippen LogP contribution in [-0.2, 0) is 6.42 Å². The van der Waals surface area contributed by atoms with Crippen molar-refractivity contribution in [3.8, 4) is 0 Å². The van der Waals surface area contributed by atoms with Gasteiger partial charge < -0.3 is 5.73 Å². The highest BCUT2D eigenvalue weighted by molar-refractivity contribution is 5.18. The highest BCUT2D eigenvalue weighted by atomic mass is 19.1. The number of hydrogen-bond donors (Lipinski definition) is 1. The molecule has 0 aromatic heterocycles. The van der Waals surface area contributed by atoms with Crippen LogP contribution in [0.5, 0.6) is 0 Å². The zero-order valence-corrected chi connectivity index (χ0v) is 8.97. The van der Waals surface area contributed by atoms with E-state index in [1.165, 1.54) is 12.1 Å². The van der Waals surface area contributed by atoms with Crippen molar-refractivity contribution in [3.05, 3.63) is 35.6 Å². The van der Waals surface area contributed by atoms with Gasteiger partial charge in [0.25, 0.3) is 0 Å². The summed E-state index contributed by atoms with van der Waals surface area (Å²) >= 11 is 0. The van der Waals surface area contributed by atoms with Crippen molar-refractivity contribution < 1.29 is 8.78 Å². The largest absolute Gasteiger partial charge is 0.328 e. The standard InChI is InChI=1S/C12H17F2N/c1-2-6-12(14,9-15)8-10-4-3-5-11(13)7-10/h3-5,7H,2,6,8-9,15H2,1H3. The van der Waals surface area contributed by atoms with E-state index in [2.05, 4.69) is 0 Å². The molecule has 1 aromatic carbocycles. The highest BCUT2D eigenvalue weighted by Gasteiger charge is 2.27. The summed E-state index contributed by atoms with van der Waals surface area (Å²) in [4.78, 5) is 0. The third-order valence-electron chi connectivity index (χ3n) is 2.47. The third-order valence-corrected chi connectivity index (χ3v) is 2.47. The summed E-state index contributed by atoms with van der Waals surface area (Å²) in [6.45, 7) is 1.90. The van der Waals surface area contributed by atoms with Crippen molar-refractivity contribution in [2.75, 3.05) is 6.54 Å². The molecule has 84 valence electrons. The Kier molecular flexibility index (Phi) is 4.21. The molecule has 0 aliphatic heterocycles. The fraction of sp³-hybridized carbons (Fsp3) is 0.500. The van der Waals surface area contributed by atoms with Gasteiger partial charge in [0.15, 0.2) is 0 Å². The number of nitrogens with two attached hydrogens (primary N) is 1. The van der Waals surface area contributed by atoms with Gasteiger partial charge in [-0.3, -0.25) is 0 Å². The smallest absolute Gasteiger partial charge is 0.127 e. The van der Waals surface area contributed by atoms with Gasteiger partial charge in [0.1, 0.15) is 11.5 Å². The average molecular weight is 213 g/mol. The van der Waals surface area contributed by atoms with Gasteiger partial charge in [0.2, 0.25) is 0 Å². The van der Waals surface area contributed by atoms with E-state index in [1.807, 2.05) is 6.92 Å². The van der Waals surface area contributed by atoms with Crippen LogP contribution in [0.25, 0.3) is 0 Å². The van der Waals surface area contributed by atoms with E-state index in [9.17, 15) is 8.78 Å². The number of halogens is 2. The summed E-state index contributed by atoms with van der Waals surface area (Å²) < 4.78 is 27.0. The van der Waals surface area contributed by atoms with Crippen LogP contribution in [-0.4, -0.2) is 12.2 Å². The Morgan fingerprint density at radius 1 is 1.40 bits per heavy atom. The molecule has 0 spiro atoms. The fourth-order valence-corrected chi connectivity index (χ4v) is 1.72. The second-order valence-electron chi connectivity index (χ2n) is 3.91. The Morgan fingerprint density at radius 3 is 2.67 bits per heavy atom. The molecule has 0 heterocycles. The highest BCUT2D eigenvalue weighted by Crippen LogP contribution is 2.23. The van der Waals surface area contributed by atoms with E-state index in [1.54, 1.807) is 12.1 Å². The maximum atomic E-state index is 14.1. The SMILES string of the molecule is CCCC(F)(CN)Cc1cccc(F)c1. The van der Waals surface area contributed by atoms with Gasteiger partial charge in [-0.25, -0.2) is 8.78 Å². The molecule has 0 fully saturated rings. The molecule has 1 nitrogen and oxygen atoms in total. The maximum absolute atomic E-state index is 14.1. The van der Waals surface area contributed by atoms with E-state index in [0.717, 1.165) is 6.42 Å². The Balaban J connectivity index is 2.74. The van der Waals surface area contributed by atoms with Crippen LogP contribution in [0, 0.1) is 5.82 Å². The monoisotopic (exact) mass is 213 g/mol. The molecule has 15 heavy (non-hydrogen) atoms. The molecule has 0 bridgehead atoms. The number of rotatable bonds is 5. The van der Waals surface area contributed by atoms with E-state index >= 15 is 0 Å². The fourth-order valence-electron chi connectivity index (χ4n) is 1.72. The summed E-state index contributed by atoms with van der Waals surface area (Å²) in [5.74, 6) is -0.330. The zero-order chi connectivity index (χ0) is 11.3. The van der Waals surface area contributed by atoms with Crippen LogP contribution in [0.3, 0.4) is 0 Å². The summed E-state index contributed by atoms with van der Waals surface area (Å²) in [6.07, 6.45) is 1.35. The summed E-state index contributed by atoms with van der Waals surface area (Å²) in [5, 5.41) is 0. The van der Waals surface area contributed by atoms with Crippen LogP contribution < -0.4 is 5.73 Å². The minimum absolute atomic E-state index is 0.0165. The zero-order valence-electron chi connectivity index (χ0n) is 8.97. The van der Waals surface area contributed by atoms with Gasteiger partial charge in [-0.15, -0.1) is 0 Å². The average Bonchev–Trinajstić information content (AvgIpc) is 2.18.